The van der Waals surface area contributed by atoms with Crippen molar-refractivity contribution >= 4 is 0 Å². The Morgan fingerprint density at radius 3 is 2.52 bits per heavy atom. The summed E-state index contributed by atoms with van der Waals surface area (Å²) in [7, 11) is 0. The van der Waals surface area contributed by atoms with Gasteiger partial charge in [-0.25, -0.2) is 0 Å². The third-order valence-corrected chi connectivity index (χ3v) is 4.17. The van der Waals surface area contributed by atoms with Gasteiger partial charge in [-0.2, -0.15) is 15.0 Å². The van der Waals surface area contributed by atoms with Crippen molar-refractivity contribution in [2.45, 2.75) is 20.0 Å². The molecule has 1 heterocycles. The second-order valence-corrected chi connectivity index (χ2v) is 6.39. The Morgan fingerprint density at radius 2 is 1.78 bits per heavy atom. The Balaban J connectivity index is 1.71. The van der Waals surface area contributed by atoms with Crippen LogP contribution in [-0.4, -0.2) is 46.5 Å². The van der Waals surface area contributed by atoms with E-state index in [2.05, 4.69) is 36.5 Å². The molecule has 3 rings (SSSR count). The van der Waals surface area contributed by atoms with E-state index in [0.717, 1.165) is 17.0 Å². The summed E-state index contributed by atoms with van der Waals surface area (Å²) in [5.41, 5.74) is 5.28. The zero-order valence-corrected chi connectivity index (χ0v) is 15.6. The number of aliphatic hydroxyl groups excluding tert-OH is 1. The molecule has 0 spiro atoms. The van der Waals surface area contributed by atoms with Gasteiger partial charge in [-0.15, -0.1) is 0 Å². The number of ether oxygens (including phenoxy) is 1. The molecule has 0 unspecified atom stereocenters. The number of aliphatic hydroxyl groups is 1. The van der Waals surface area contributed by atoms with E-state index in [9.17, 15) is 0 Å². The molecule has 142 valence electrons. The van der Waals surface area contributed by atoms with E-state index in [1.807, 2.05) is 30.3 Å². The Morgan fingerprint density at radius 1 is 1.00 bits per heavy atom. The molecule has 0 fully saturated rings. The van der Waals surface area contributed by atoms with E-state index in [1.54, 1.807) is 4.80 Å². The fourth-order valence-corrected chi connectivity index (χ4v) is 2.77. The minimum atomic E-state index is 0.0471. The molecule has 0 radical (unpaired) electrons. The Labute approximate surface area is 159 Å². The Hall–Kier alpha value is -2.54. The Kier molecular flexibility index (Phi) is 7.10. The molecule has 0 aliphatic rings. The van der Waals surface area contributed by atoms with Crippen LogP contribution in [0.5, 0.6) is 0 Å². The maximum atomic E-state index is 8.74. The molecule has 1 aromatic heterocycles. The van der Waals surface area contributed by atoms with E-state index in [4.69, 9.17) is 20.0 Å². The standard InChI is InChI=1S/C21H26N4O2/c1-17-7-9-18(10-8-17)16-25-23-20(15-22-11-13-27-14-12-26)21(24-25)19-5-3-2-4-6-19/h2-10,22,26H,11-16H2,1H3. The highest BCUT2D eigenvalue weighted by Gasteiger charge is 2.13. The molecule has 0 saturated carbocycles. The highest BCUT2D eigenvalue weighted by atomic mass is 16.5. The van der Waals surface area contributed by atoms with Gasteiger partial charge >= 0.3 is 0 Å². The number of aromatic nitrogens is 3. The molecule has 0 aliphatic carbocycles. The molecule has 3 aromatic rings. The monoisotopic (exact) mass is 366 g/mol. The fraction of sp³-hybridized carbons (Fsp3) is 0.333. The molecular formula is C21H26N4O2. The minimum absolute atomic E-state index is 0.0471. The van der Waals surface area contributed by atoms with Crippen molar-refractivity contribution in [1.29, 1.82) is 0 Å². The van der Waals surface area contributed by atoms with Crippen LogP contribution in [0.25, 0.3) is 11.3 Å². The molecule has 0 bridgehead atoms. The van der Waals surface area contributed by atoms with Crippen molar-refractivity contribution in [2.75, 3.05) is 26.4 Å². The quantitative estimate of drug-likeness (QED) is 0.539. The number of benzene rings is 2. The first-order valence-electron chi connectivity index (χ1n) is 9.20. The number of nitrogens with one attached hydrogen (secondary N) is 1. The summed E-state index contributed by atoms with van der Waals surface area (Å²) in [6, 6.07) is 18.5. The van der Waals surface area contributed by atoms with Crippen molar-refractivity contribution < 1.29 is 9.84 Å². The van der Waals surface area contributed by atoms with Crippen LogP contribution in [0.1, 0.15) is 16.8 Å². The largest absolute Gasteiger partial charge is 0.394 e. The van der Waals surface area contributed by atoms with Crippen LogP contribution in [0.2, 0.25) is 0 Å². The molecule has 0 saturated heterocycles. The van der Waals surface area contributed by atoms with Gasteiger partial charge in [0.15, 0.2) is 0 Å². The van der Waals surface area contributed by atoms with E-state index in [0.29, 0.717) is 32.8 Å². The lowest BCUT2D eigenvalue weighted by Gasteiger charge is -2.04. The molecule has 0 amide bonds. The SMILES string of the molecule is Cc1ccc(Cn2nc(CNCCOCCO)c(-c3ccccc3)n2)cc1. The first kappa shape index (κ1) is 19.2. The van der Waals surface area contributed by atoms with Crippen molar-refractivity contribution in [3.63, 3.8) is 0 Å². The fourth-order valence-electron chi connectivity index (χ4n) is 2.77. The third kappa shape index (κ3) is 5.72. The summed E-state index contributed by atoms with van der Waals surface area (Å²) in [4.78, 5) is 1.76. The summed E-state index contributed by atoms with van der Waals surface area (Å²) in [5, 5.41) is 21.5. The maximum Gasteiger partial charge on any atom is 0.117 e. The molecule has 0 aliphatic heterocycles. The zero-order valence-electron chi connectivity index (χ0n) is 15.6. The van der Waals surface area contributed by atoms with E-state index >= 15 is 0 Å². The average molecular weight is 366 g/mol. The van der Waals surface area contributed by atoms with Crippen LogP contribution in [0.15, 0.2) is 54.6 Å². The molecular weight excluding hydrogens is 340 g/mol. The van der Waals surface area contributed by atoms with E-state index < -0.39 is 0 Å². The van der Waals surface area contributed by atoms with E-state index in [1.165, 1.54) is 11.1 Å². The van der Waals surface area contributed by atoms with Crippen LogP contribution in [0.4, 0.5) is 0 Å². The highest BCUT2D eigenvalue weighted by molar-refractivity contribution is 5.60. The average Bonchev–Trinajstić information content (AvgIpc) is 3.10. The molecule has 6 nitrogen and oxygen atoms in total. The first-order chi connectivity index (χ1) is 13.3. The zero-order chi connectivity index (χ0) is 18.9. The maximum absolute atomic E-state index is 8.74. The van der Waals surface area contributed by atoms with Gasteiger partial charge in [-0.1, -0.05) is 60.2 Å². The summed E-state index contributed by atoms with van der Waals surface area (Å²) in [5.74, 6) is 0. The van der Waals surface area contributed by atoms with E-state index in [-0.39, 0.29) is 6.61 Å². The van der Waals surface area contributed by atoms with Crippen LogP contribution in [-0.2, 0) is 17.8 Å². The van der Waals surface area contributed by atoms with Crippen molar-refractivity contribution in [1.82, 2.24) is 20.3 Å². The topological polar surface area (TPSA) is 72.2 Å². The highest BCUT2D eigenvalue weighted by Crippen LogP contribution is 2.20. The molecule has 0 atom stereocenters. The Bertz CT molecular complexity index is 816. The van der Waals surface area contributed by atoms with Gasteiger partial charge in [0, 0.05) is 18.7 Å². The normalized spacial score (nSPS) is 11.0. The van der Waals surface area contributed by atoms with Crippen LogP contribution in [0.3, 0.4) is 0 Å². The van der Waals surface area contributed by atoms with Gasteiger partial charge < -0.3 is 15.2 Å². The van der Waals surface area contributed by atoms with Gasteiger partial charge in [0.1, 0.15) is 11.4 Å². The lowest BCUT2D eigenvalue weighted by Crippen LogP contribution is -2.20. The molecule has 2 N–H and O–H groups in total. The lowest BCUT2D eigenvalue weighted by atomic mass is 10.1. The number of hydrogen-bond donors (Lipinski definition) is 2. The lowest BCUT2D eigenvalue weighted by molar-refractivity contribution is 0.0937. The number of hydrogen-bond acceptors (Lipinski definition) is 5. The first-order valence-corrected chi connectivity index (χ1v) is 9.20. The van der Waals surface area contributed by atoms with Crippen molar-refractivity contribution in [3.05, 3.63) is 71.4 Å². The smallest absolute Gasteiger partial charge is 0.117 e. The summed E-state index contributed by atoms with van der Waals surface area (Å²) in [6.45, 7) is 4.99. The number of aryl methyl sites for hydroxylation is 1. The van der Waals surface area contributed by atoms with Crippen LogP contribution in [0, 0.1) is 6.92 Å². The third-order valence-electron chi connectivity index (χ3n) is 4.17. The second kappa shape index (κ2) is 9.97. The predicted octanol–water partition coefficient (Wildman–Crippen LogP) is 2.40. The summed E-state index contributed by atoms with van der Waals surface area (Å²) in [6.07, 6.45) is 0. The van der Waals surface area contributed by atoms with Crippen LogP contribution < -0.4 is 5.32 Å². The number of nitrogens with zero attached hydrogens (tertiary/aromatic N) is 3. The molecule has 27 heavy (non-hydrogen) atoms. The minimum Gasteiger partial charge on any atom is -0.394 e. The number of rotatable bonds is 10. The van der Waals surface area contributed by atoms with Gasteiger partial charge in [-0.3, -0.25) is 0 Å². The summed E-state index contributed by atoms with van der Waals surface area (Å²) >= 11 is 0. The molecule has 2 aromatic carbocycles. The second-order valence-electron chi connectivity index (χ2n) is 6.39. The van der Waals surface area contributed by atoms with Gasteiger partial charge in [0.2, 0.25) is 0 Å². The van der Waals surface area contributed by atoms with Gasteiger partial charge in [0.25, 0.3) is 0 Å². The van der Waals surface area contributed by atoms with Gasteiger partial charge in [-0.05, 0) is 12.5 Å². The summed E-state index contributed by atoms with van der Waals surface area (Å²) < 4.78 is 5.28. The van der Waals surface area contributed by atoms with Gasteiger partial charge in [0.05, 0.1) is 26.4 Å². The predicted molar refractivity (Wildman–Crippen MR) is 105 cm³/mol. The molecule has 6 heteroatoms. The van der Waals surface area contributed by atoms with Crippen LogP contribution >= 0.6 is 0 Å². The van der Waals surface area contributed by atoms with Crippen molar-refractivity contribution in [2.24, 2.45) is 0 Å². The van der Waals surface area contributed by atoms with Crippen molar-refractivity contribution in [3.8, 4) is 11.3 Å².